The van der Waals surface area contributed by atoms with Crippen molar-refractivity contribution in [1.82, 2.24) is 14.9 Å². The number of nitrogens with zero attached hydrogens (tertiary/aromatic N) is 2. The van der Waals surface area contributed by atoms with Gasteiger partial charge < -0.3 is 14.6 Å². The minimum atomic E-state index is 0.487. The van der Waals surface area contributed by atoms with Gasteiger partial charge in [0.1, 0.15) is 5.82 Å². The molecule has 1 aromatic heterocycles. The third-order valence-corrected chi connectivity index (χ3v) is 2.30. The molecule has 92 valence electrons. The number of hydrogen-bond acceptors (Lipinski definition) is 3. The van der Waals surface area contributed by atoms with Crippen molar-refractivity contribution >= 4 is 0 Å². The van der Waals surface area contributed by atoms with Crippen LogP contribution in [0, 0.1) is 0 Å². The summed E-state index contributed by atoms with van der Waals surface area (Å²) in [5, 5.41) is 3.37. The second-order valence-corrected chi connectivity index (χ2v) is 4.18. The lowest BCUT2D eigenvalue weighted by molar-refractivity contribution is 0.126. The first-order valence-electron chi connectivity index (χ1n) is 6.05. The van der Waals surface area contributed by atoms with E-state index < -0.39 is 0 Å². The Morgan fingerprint density at radius 1 is 1.44 bits per heavy atom. The maximum atomic E-state index is 5.47. The highest BCUT2D eigenvalue weighted by molar-refractivity contribution is 4.92. The largest absolute Gasteiger partial charge is 0.380 e. The second kappa shape index (κ2) is 7.41. The molecule has 0 spiro atoms. The van der Waals surface area contributed by atoms with E-state index >= 15 is 0 Å². The molecule has 0 aliphatic carbocycles. The van der Waals surface area contributed by atoms with Crippen LogP contribution in [0.15, 0.2) is 12.4 Å². The quantitative estimate of drug-likeness (QED) is 0.686. The van der Waals surface area contributed by atoms with Crippen LogP contribution in [0.3, 0.4) is 0 Å². The second-order valence-electron chi connectivity index (χ2n) is 4.18. The lowest BCUT2D eigenvalue weighted by Gasteiger charge is -2.10. The molecule has 0 radical (unpaired) electrons. The van der Waals surface area contributed by atoms with Gasteiger partial charge in [0.15, 0.2) is 0 Å². The SMILES string of the molecule is CCCOCCn1ccnc1CNC(C)C. The Kier molecular flexibility index (Phi) is 6.11. The predicted molar refractivity (Wildman–Crippen MR) is 65.3 cm³/mol. The van der Waals surface area contributed by atoms with E-state index in [1.807, 2.05) is 12.4 Å². The molecule has 1 aromatic rings. The zero-order valence-electron chi connectivity index (χ0n) is 10.6. The van der Waals surface area contributed by atoms with E-state index in [1.54, 1.807) is 0 Å². The van der Waals surface area contributed by atoms with Gasteiger partial charge in [-0.25, -0.2) is 4.98 Å². The summed E-state index contributed by atoms with van der Waals surface area (Å²) in [7, 11) is 0. The van der Waals surface area contributed by atoms with Gasteiger partial charge in [0.25, 0.3) is 0 Å². The Labute approximate surface area is 98.0 Å². The van der Waals surface area contributed by atoms with Crippen LogP contribution in [0.2, 0.25) is 0 Å². The van der Waals surface area contributed by atoms with Gasteiger partial charge in [-0.2, -0.15) is 0 Å². The summed E-state index contributed by atoms with van der Waals surface area (Å²) in [5.74, 6) is 1.08. The average molecular weight is 225 g/mol. The zero-order chi connectivity index (χ0) is 11.8. The smallest absolute Gasteiger partial charge is 0.122 e. The van der Waals surface area contributed by atoms with Gasteiger partial charge in [0, 0.05) is 31.6 Å². The number of hydrogen-bond donors (Lipinski definition) is 1. The summed E-state index contributed by atoms with van der Waals surface area (Å²) in [6, 6.07) is 0.487. The molecule has 4 heteroatoms. The number of nitrogens with one attached hydrogen (secondary N) is 1. The van der Waals surface area contributed by atoms with Crippen molar-refractivity contribution in [2.45, 2.75) is 46.3 Å². The van der Waals surface area contributed by atoms with Crippen LogP contribution in [-0.2, 0) is 17.8 Å². The van der Waals surface area contributed by atoms with Crippen LogP contribution < -0.4 is 5.32 Å². The number of aromatic nitrogens is 2. The fourth-order valence-corrected chi connectivity index (χ4v) is 1.42. The standard InChI is InChI=1S/C12H23N3O/c1-4-8-16-9-7-15-6-5-13-12(15)10-14-11(2)3/h5-6,11,14H,4,7-10H2,1-3H3. The van der Waals surface area contributed by atoms with E-state index in [0.717, 1.165) is 38.5 Å². The zero-order valence-corrected chi connectivity index (χ0v) is 10.6. The molecule has 0 fully saturated rings. The molecule has 0 saturated heterocycles. The molecule has 0 saturated carbocycles. The molecule has 1 N–H and O–H groups in total. The minimum Gasteiger partial charge on any atom is -0.380 e. The van der Waals surface area contributed by atoms with E-state index in [4.69, 9.17) is 4.74 Å². The number of rotatable bonds is 8. The van der Waals surface area contributed by atoms with E-state index in [9.17, 15) is 0 Å². The minimum absolute atomic E-state index is 0.487. The van der Waals surface area contributed by atoms with Crippen LogP contribution in [-0.4, -0.2) is 28.8 Å². The average Bonchev–Trinajstić information content (AvgIpc) is 2.69. The number of imidazole rings is 1. The molecular formula is C12H23N3O. The highest BCUT2D eigenvalue weighted by atomic mass is 16.5. The highest BCUT2D eigenvalue weighted by Crippen LogP contribution is 1.98. The van der Waals surface area contributed by atoms with Crippen molar-refractivity contribution in [3.63, 3.8) is 0 Å². The molecule has 0 atom stereocenters. The Hall–Kier alpha value is -0.870. The molecule has 0 aromatic carbocycles. The van der Waals surface area contributed by atoms with Crippen LogP contribution in [0.5, 0.6) is 0 Å². The molecule has 0 aliphatic rings. The molecular weight excluding hydrogens is 202 g/mol. The first-order valence-corrected chi connectivity index (χ1v) is 6.05. The fourth-order valence-electron chi connectivity index (χ4n) is 1.42. The summed E-state index contributed by atoms with van der Waals surface area (Å²) >= 11 is 0. The van der Waals surface area contributed by atoms with Crippen molar-refractivity contribution in [2.24, 2.45) is 0 Å². The predicted octanol–water partition coefficient (Wildman–Crippen LogP) is 1.81. The topological polar surface area (TPSA) is 39.1 Å². The first-order chi connectivity index (χ1) is 7.74. The third-order valence-electron chi connectivity index (χ3n) is 2.30. The maximum absolute atomic E-state index is 5.47. The normalized spacial score (nSPS) is 11.2. The third kappa shape index (κ3) is 4.77. The summed E-state index contributed by atoms with van der Waals surface area (Å²) in [5.41, 5.74) is 0. The van der Waals surface area contributed by atoms with Gasteiger partial charge in [-0.3, -0.25) is 0 Å². The Morgan fingerprint density at radius 3 is 2.94 bits per heavy atom. The molecule has 0 amide bonds. The number of ether oxygens (including phenoxy) is 1. The van der Waals surface area contributed by atoms with Gasteiger partial charge in [0.05, 0.1) is 13.2 Å². The van der Waals surface area contributed by atoms with E-state index in [2.05, 4.69) is 35.6 Å². The summed E-state index contributed by atoms with van der Waals surface area (Å²) in [4.78, 5) is 4.33. The maximum Gasteiger partial charge on any atom is 0.122 e. The molecule has 16 heavy (non-hydrogen) atoms. The molecule has 1 heterocycles. The van der Waals surface area contributed by atoms with Gasteiger partial charge in [-0.05, 0) is 6.42 Å². The van der Waals surface area contributed by atoms with Gasteiger partial charge in [0.2, 0.25) is 0 Å². The van der Waals surface area contributed by atoms with Gasteiger partial charge in [-0.1, -0.05) is 20.8 Å². The Balaban J connectivity index is 2.32. The highest BCUT2D eigenvalue weighted by Gasteiger charge is 2.02. The van der Waals surface area contributed by atoms with Crippen molar-refractivity contribution < 1.29 is 4.74 Å². The van der Waals surface area contributed by atoms with Crippen LogP contribution in [0.4, 0.5) is 0 Å². The van der Waals surface area contributed by atoms with Crippen LogP contribution >= 0.6 is 0 Å². The fraction of sp³-hybridized carbons (Fsp3) is 0.750. The van der Waals surface area contributed by atoms with Gasteiger partial charge in [-0.15, -0.1) is 0 Å². The summed E-state index contributed by atoms with van der Waals surface area (Å²) in [6.45, 7) is 9.70. The van der Waals surface area contributed by atoms with Crippen molar-refractivity contribution in [1.29, 1.82) is 0 Å². The molecule has 4 nitrogen and oxygen atoms in total. The van der Waals surface area contributed by atoms with E-state index in [0.29, 0.717) is 6.04 Å². The first kappa shape index (κ1) is 13.2. The van der Waals surface area contributed by atoms with E-state index in [-0.39, 0.29) is 0 Å². The van der Waals surface area contributed by atoms with Gasteiger partial charge >= 0.3 is 0 Å². The molecule has 0 unspecified atom stereocenters. The Morgan fingerprint density at radius 2 is 2.25 bits per heavy atom. The van der Waals surface area contributed by atoms with Crippen molar-refractivity contribution in [3.05, 3.63) is 18.2 Å². The van der Waals surface area contributed by atoms with Crippen LogP contribution in [0.25, 0.3) is 0 Å². The lowest BCUT2D eigenvalue weighted by Crippen LogP contribution is -2.24. The van der Waals surface area contributed by atoms with E-state index in [1.165, 1.54) is 0 Å². The summed E-state index contributed by atoms with van der Waals surface area (Å²) < 4.78 is 7.61. The Bertz CT molecular complexity index is 284. The van der Waals surface area contributed by atoms with Crippen LogP contribution in [0.1, 0.15) is 33.0 Å². The molecule has 0 aliphatic heterocycles. The monoisotopic (exact) mass is 225 g/mol. The van der Waals surface area contributed by atoms with Crippen molar-refractivity contribution in [2.75, 3.05) is 13.2 Å². The van der Waals surface area contributed by atoms with Crippen molar-refractivity contribution in [3.8, 4) is 0 Å². The molecule has 1 rings (SSSR count). The lowest BCUT2D eigenvalue weighted by atomic mass is 10.4. The molecule has 0 bridgehead atoms. The summed E-state index contributed by atoms with van der Waals surface area (Å²) in [6.07, 6.45) is 4.93.